The second-order valence-electron chi connectivity index (χ2n) is 7.35. The van der Waals surface area contributed by atoms with Crippen molar-refractivity contribution in [2.24, 2.45) is 5.14 Å². The maximum atomic E-state index is 13.2. The van der Waals surface area contributed by atoms with Crippen LogP contribution in [0.3, 0.4) is 0 Å². The number of carbonyl (C=O) groups is 1. The molecular weight excluding hydrogens is 426 g/mol. The molecule has 1 saturated heterocycles. The van der Waals surface area contributed by atoms with Gasteiger partial charge in [-0.2, -0.15) is 0 Å². The number of hydrogen-bond acceptors (Lipinski definition) is 6. The number of anilines is 2. The van der Waals surface area contributed by atoms with Crippen LogP contribution in [0, 0.1) is 6.92 Å². The molecule has 2 N–H and O–H groups in total. The summed E-state index contributed by atoms with van der Waals surface area (Å²) in [7, 11) is 0. The number of rotatable bonds is 4. The smallest absolute Gasteiger partial charge is 0.294 e. The molecule has 0 radical (unpaired) electrons. The van der Waals surface area contributed by atoms with Gasteiger partial charge in [-0.1, -0.05) is 41.7 Å². The topological polar surface area (TPSA) is 75.4 Å². The van der Waals surface area contributed by atoms with Crippen molar-refractivity contribution in [1.29, 1.82) is 0 Å². The summed E-state index contributed by atoms with van der Waals surface area (Å²) in [4.78, 5) is 25.8. The van der Waals surface area contributed by atoms with E-state index in [2.05, 4.69) is 34.2 Å². The fourth-order valence-corrected chi connectivity index (χ4v) is 5.36. The summed E-state index contributed by atoms with van der Waals surface area (Å²) in [6.45, 7) is 3.27. The zero-order chi connectivity index (χ0) is 21.4. The maximum absolute atomic E-state index is 13.2. The summed E-state index contributed by atoms with van der Waals surface area (Å²) in [5.41, 5.74) is 4.96. The van der Waals surface area contributed by atoms with E-state index in [4.69, 9.17) is 5.14 Å². The number of aromatic nitrogens is 2. The number of amides is 2. The standard InChI is InChI=1S/C23H21N5OS2/c1-15-21(31-24)30-22(26-15)28-14-4-13-27(23(28)29)17-10-8-16(9-11-17)18-5-2-7-20-19(18)6-3-12-25-20/h2-3,5-12H,4,13-14,24H2,1H3. The van der Waals surface area contributed by atoms with E-state index >= 15 is 0 Å². The molecule has 0 bridgehead atoms. The van der Waals surface area contributed by atoms with Crippen LogP contribution in [0.2, 0.25) is 0 Å². The van der Waals surface area contributed by atoms with Crippen molar-refractivity contribution >= 4 is 51.0 Å². The minimum atomic E-state index is -0.0457. The fraction of sp³-hybridized carbons (Fsp3) is 0.174. The average molecular weight is 448 g/mol. The van der Waals surface area contributed by atoms with Gasteiger partial charge in [0.05, 0.1) is 15.4 Å². The van der Waals surface area contributed by atoms with Gasteiger partial charge in [-0.15, -0.1) is 0 Å². The van der Waals surface area contributed by atoms with Crippen LogP contribution in [0.4, 0.5) is 15.6 Å². The van der Waals surface area contributed by atoms with E-state index in [1.165, 1.54) is 23.3 Å². The number of aryl methyl sites for hydroxylation is 1. The molecule has 31 heavy (non-hydrogen) atoms. The molecule has 2 aromatic heterocycles. The van der Waals surface area contributed by atoms with Gasteiger partial charge < -0.3 is 0 Å². The quantitative estimate of drug-likeness (QED) is 0.420. The molecule has 6 nitrogen and oxygen atoms in total. The molecule has 0 saturated carbocycles. The third kappa shape index (κ3) is 3.67. The molecule has 2 amide bonds. The molecule has 0 unspecified atom stereocenters. The van der Waals surface area contributed by atoms with Gasteiger partial charge in [0.1, 0.15) is 0 Å². The van der Waals surface area contributed by atoms with E-state index in [9.17, 15) is 4.79 Å². The van der Waals surface area contributed by atoms with E-state index in [0.29, 0.717) is 18.2 Å². The van der Waals surface area contributed by atoms with E-state index in [1.807, 2.05) is 48.4 Å². The lowest BCUT2D eigenvalue weighted by atomic mass is 10.0. The molecule has 156 valence electrons. The monoisotopic (exact) mass is 447 g/mol. The van der Waals surface area contributed by atoms with Crippen LogP contribution in [-0.2, 0) is 0 Å². The van der Waals surface area contributed by atoms with Gasteiger partial charge in [-0.25, -0.2) is 9.78 Å². The summed E-state index contributed by atoms with van der Waals surface area (Å²) >= 11 is 2.65. The van der Waals surface area contributed by atoms with E-state index < -0.39 is 0 Å². The third-order valence-corrected chi connectivity index (χ3v) is 7.46. The van der Waals surface area contributed by atoms with E-state index in [-0.39, 0.29) is 6.03 Å². The molecule has 0 aliphatic carbocycles. The Hall–Kier alpha value is -2.94. The van der Waals surface area contributed by atoms with Gasteiger partial charge in [0.25, 0.3) is 0 Å². The van der Waals surface area contributed by atoms with Gasteiger partial charge in [-0.05, 0) is 60.7 Å². The van der Waals surface area contributed by atoms with Gasteiger partial charge in [0.2, 0.25) is 0 Å². The first-order valence-electron chi connectivity index (χ1n) is 10.0. The van der Waals surface area contributed by atoms with Gasteiger partial charge in [0, 0.05) is 30.4 Å². The van der Waals surface area contributed by atoms with Crippen LogP contribution >= 0.6 is 23.3 Å². The largest absolute Gasteiger partial charge is 0.330 e. The van der Waals surface area contributed by atoms with Crippen molar-refractivity contribution in [2.45, 2.75) is 17.6 Å². The molecule has 0 spiro atoms. The number of urea groups is 1. The van der Waals surface area contributed by atoms with Crippen molar-refractivity contribution in [3.05, 3.63) is 66.5 Å². The van der Waals surface area contributed by atoms with Crippen molar-refractivity contribution in [3.8, 4) is 11.1 Å². The number of nitrogens with zero attached hydrogens (tertiary/aromatic N) is 4. The molecule has 1 aliphatic rings. The fourth-order valence-electron chi connectivity index (χ4n) is 3.91. The molecule has 1 aliphatic heterocycles. The van der Waals surface area contributed by atoms with Crippen LogP contribution in [0.1, 0.15) is 12.1 Å². The summed E-state index contributed by atoms with van der Waals surface area (Å²) in [5, 5.41) is 7.54. The zero-order valence-corrected chi connectivity index (χ0v) is 18.6. The van der Waals surface area contributed by atoms with Crippen LogP contribution in [-0.4, -0.2) is 29.1 Å². The van der Waals surface area contributed by atoms with E-state index in [1.54, 1.807) is 4.90 Å². The average Bonchev–Trinajstić information content (AvgIpc) is 3.19. The molecule has 0 atom stereocenters. The summed E-state index contributed by atoms with van der Waals surface area (Å²) < 4.78 is 0.939. The predicted molar refractivity (Wildman–Crippen MR) is 129 cm³/mol. The summed E-state index contributed by atoms with van der Waals surface area (Å²) in [5.74, 6) is 0. The Morgan fingerprint density at radius 1 is 1.03 bits per heavy atom. The second kappa shape index (κ2) is 8.30. The first-order chi connectivity index (χ1) is 15.2. The lowest BCUT2D eigenvalue weighted by molar-refractivity contribution is 0.248. The molecule has 2 aromatic carbocycles. The Morgan fingerprint density at radius 3 is 2.61 bits per heavy atom. The number of nitrogens with two attached hydrogens (primary N) is 1. The first-order valence-corrected chi connectivity index (χ1v) is 11.7. The Morgan fingerprint density at radius 2 is 1.84 bits per heavy atom. The maximum Gasteiger partial charge on any atom is 0.330 e. The minimum Gasteiger partial charge on any atom is -0.294 e. The van der Waals surface area contributed by atoms with Gasteiger partial charge in [-0.3, -0.25) is 19.9 Å². The Labute approximate surface area is 188 Å². The second-order valence-corrected chi connectivity index (χ2v) is 9.23. The SMILES string of the molecule is Cc1nc(N2CCCN(c3ccc(-c4cccc5ncccc45)cc3)C2=O)sc1SN. The van der Waals surface area contributed by atoms with Crippen LogP contribution in [0.25, 0.3) is 22.0 Å². The highest BCUT2D eigenvalue weighted by Gasteiger charge is 2.30. The highest BCUT2D eigenvalue weighted by atomic mass is 32.2. The van der Waals surface area contributed by atoms with Gasteiger partial charge >= 0.3 is 6.03 Å². The molecule has 1 fully saturated rings. The normalized spacial score (nSPS) is 14.5. The number of carbonyl (C=O) groups excluding carboxylic acids is 1. The number of pyridine rings is 1. The lowest BCUT2D eigenvalue weighted by Gasteiger charge is -2.34. The van der Waals surface area contributed by atoms with Crippen molar-refractivity contribution < 1.29 is 4.79 Å². The molecule has 8 heteroatoms. The number of fused-ring (bicyclic) bond motifs is 1. The molecule has 3 heterocycles. The first kappa shape index (κ1) is 20.0. The number of thiazole rings is 1. The Bertz CT molecular complexity index is 1250. The van der Waals surface area contributed by atoms with Crippen LogP contribution in [0.15, 0.2) is 65.0 Å². The number of benzene rings is 2. The Balaban J connectivity index is 1.43. The van der Waals surface area contributed by atoms with Crippen molar-refractivity contribution in [3.63, 3.8) is 0 Å². The molecular formula is C23H21N5OS2. The van der Waals surface area contributed by atoms with Crippen molar-refractivity contribution in [1.82, 2.24) is 9.97 Å². The van der Waals surface area contributed by atoms with Crippen molar-refractivity contribution in [2.75, 3.05) is 22.9 Å². The molecule has 4 aromatic rings. The summed E-state index contributed by atoms with van der Waals surface area (Å²) in [6.07, 6.45) is 2.69. The minimum absolute atomic E-state index is 0.0457. The zero-order valence-electron chi connectivity index (χ0n) is 17.0. The van der Waals surface area contributed by atoms with Crippen LogP contribution in [0.5, 0.6) is 0 Å². The highest BCUT2D eigenvalue weighted by Crippen LogP contribution is 2.34. The van der Waals surface area contributed by atoms with Crippen LogP contribution < -0.4 is 14.9 Å². The van der Waals surface area contributed by atoms with E-state index in [0.717, 1.165) is 44.0 Å². The summed E-state index contributed by atoms with van der Waals surface area (Å²) in [6, 6.07) is 18.3. The predicted octanol–water partition coefficient (Wildman–Crippen LogP) is 5.47. The molecule has 5 rings (SSSR count). The number of hydrogen-bond donors (Lipinski definition) is 1. The highest BCUT2D eigenvalue weighted by molar-refractivity contribution is 7.99. The Kier molecular flexibility index (Phi) is 5.35. The lowest BCUT2D eigenvalue weighted by Crippen LogP contribution is -2.49. The third-order valence-electron chi connectivity index (χ3n) is 5.44. The van der Waals surface area contributed by atoms with Gasteiger partial charge in [0.15, 0.2) is 5.13 Å².